The minimum atomic E-state index is 0.335. The molecule has 1 aliphatic rings. The minimum Gasteiger partial charge on any atom is -0.487 e. The summed E-state index contributed by atoms with van der Waals surface area (Å²) in [7, 11) is 0. The van der Waals surface area contributed by atoms with Crippen molar-refractivity contribution in [3.05, 3.63) is 63.7 Å². The van der Waals surface area contributed by atoms with E-state index in [-0.39, 0.29) is 0 Å². The molecule has 3 rings (SSSR count). The van der Waals surface area contributed by atoms with Gasteiger partial charge in [0.1, 0.15) is 17.3 Å². The highest BCUT2D eigenvalue weighted by atomic mass is 35.5. The van der Waals surface area contributed by atoms with E-state index in [4.69, 9.17) is 34.3 Å². The molecule has 108 valence electrons. The zero-order valence-corrected chi connectivity index (χ0v) is 13.1. The Hall–Kier alpha value is -1.58. The lowest BCUT2D eigenvalue weighted by molar-refractivity contribution is 0.306. The minimum absolute atomic E-state index is 0.335. The van der Waals surface area contributed by atoms with E-state index in [9.17, 15) is 0 Å². The van der Waals surface area contributed by atoms with Crippen molar-refractivity contribution in [2.24, 2.45) is 5.73 Å². The fourth-order valence-electron chi connectivity index (χ4n) is 2.65. The van der Waals surface area contributed by atoms with Gasteiger partial charge in [0, 0.05) is 5.56 Å². The van der Waals surface area contributed by atoms with Crippen molar-refractivity contribution in [1.82, 2.24) is 0 Å². The van der Waals surface area contributed by atoms with Crippen LogP contribution < -0.4 is 10.5 Å². The Kier molecular flexibility index (Phi) is 4.13. The molecule has 0 aromatic heterocycles. The molecular formula is C17H16ClNOS. The normalized spacial score (nSPS) is 13.0. The predicted molar refractivity (Wildman–Crippen MR) is 90.1 cm³/mol. The van der Waals surface area contributed by atoms with E-state index in [0.717, 1.165) is 5.56 Å². The molecule has 0 radical (unpaired) electrons. The second-order valence-electron chi connectivity index (χ2n) is 5.25. The van der Waals surface area contributed by atoms with Gasteiger partial charge in [0.25, 0.3) is 0 Å². The first kappa shape index (κ1) is 14.4. The lowest BCUT2D eigenvalue weighted by Gasteiger charge is -2.10. The topological polar surface area (TPSA) is 35.2 Å². The molecule has 0 atom stereocenters. The average molecular weight is 318 g/mol. The van der Waals surface area contributed by atoms with Gasteiger partial charge in [0.05, 0.1) is 5.02 Å². The third kappa shape index (κ3) is 3.20. The van der Waals surface area contributed by atoms with E-state index in [2.05, 4.69) is 18.2 Å². The van der Waals surface area contributed by atoms with Crippen LogP contribution in [0.15, 0.2) is 36.4 Å². The lowest BCUT2D eigenvalue weighted by atomic mass is 10.1. The molecule has 2 aromatic carbocycles. The van der Waals surface area contributed by atoms with E-state index < -0.39 is 0 Å². The number of aryl methyl sites for hydroxylation is 2. The molecule has 0 saturated carbocycles. The molecule has 0 fully saturated rings. The summed E-state index contributed by atoms with van der Waals surface area (Å²) in [5.74, 6) is 0.650. The van der Waals surface area contributed by atoms with Crippen molar-refractivity contribution in [3.63, 3.8) is 0 Å². The molecule has 0 aliphatic heterocycles. The number of ether oxygens (including phenoxy) is 1. The van der Waals surface area contributed by atoms with Crippen molar-refractivity contribution in [2.75, 3.05) is 0 Å². The number of rotatable bonds is 4. The van der Waals surface area contributed by atoms with E-state index in [1.165, 1.54) is 36.0 Å². The molecule has 2 aromatic rings. The van der Waals surface area contributed by atoms with E-state index in [0.29, 0.717) is 22.4 Å². The zero-order chi connectivity index (χ0) is 14.8. The molecule has 2 N–H and O–H groups in total. The van der Waals surface area contributed by atoms with Crippen LogP contribution in [0, 0.1) is 0 Å². The molecule has 0 bridgehead atoms. The van der Waals surface area contributed by atoms with Gasteiger partial charge in [-0.3, -0.25) is 0 Å². The molecule has 21 heavy (non-hydrogen) atoms. The number of hydrogen-bond donors (Lipinski definition) is 1. The third-order valence-electron chi connectivity index (χ3n) is 3.77. The standard InChI is InChI=1S/C17H16ClNOS/c18-15-9-14(17(19)21)6-7-16(15)20-10-11-4-5-12-2-1-3-13(12)8-11/h4-9H,1-3,10H2,(H2,19,21). The van der Waals surface area contributed by atoms with Crippen LogP contribution in [-0.2, 0) is 19.4 Å². The SMILES string of the molecule is NC(=S)c1ccc(OCc2ccc3c(c2)CCC3)c(Cl)c1. The lowest BCUT2D eigenvalue weighted by Crippen LogP contribution is -2.09. The van der Waals surface area contributed by atoms with Gasteiger partial charge in [-0.05, 0) is 54.2 Å². The van der Waals surface area contributed by atoms with Crippen LogP contribution in [0.1, 0.15) is 28.7 Å². The summed E-state index contributed by atoms with van der Waals surface area (Å²) in [5.41, 5.74) is 10.4. The van der Waals surface area contributed by atoms with Gasteiger partial charge in [-0.2, -0.15) is 0 Å². The number of benzene rings is 2. The molecule has 0 heterocycles. The summed E-state index contributed by atoms with van der Waals surface area (Å²) in [5, 5.41) is 0.529. The molecule has 0 unspecified atom stereocenters. The highest BCUT2D eigenvalue weighted by molar-refractivity contribution is 7.80. The predicted octanol–water partition coefficient (Wildman–Crippen LogP) is 4.04. The smallest absolute Gasteiger partial charge is 0.138 e. The maximum atomic E-state index is 6.19. The van der Waals surface area contributed by atoms with Crippen molar-refractivity contribution < 1.29 is 4.74 Å². The van der Waals surface area contributed by atoms with Crippen molar-refractivity contribution in [1.29, 1.82) is 0 Å². The van der Waals surface area contributed by atoms with Crippen LogP contribution in [-0.4, -0.2) is 4.99 Å². The Morgan fingerprint density at radius 3 is 2.71 bits per heavy atom. The van der Waals surface area contributed by atoms with Gasteiger partial charge in [0.2, 0.25) is 0 Å². The van der Waals surface area contributed by atoms with Gasteiger partial charge in [-0.15, -0.1) is 0 Å². The van der Waals surface area contributed by atoms with Crippen LogP contribution in [0.2, 0.25) is 5.02 Å². The largest absolute Gasteiger partial charge is 0.487 e. The maximum Gasteiger partial charge on any atom is 0.138 e. The molecule has 2 nitrogen and oxygen atoms in total. The Bertz CT molecular complexity index is 699. The summed E-state index contributed by atoms with van der Waals surface area (Å²) in [6.45, 7) is 0.513. The van der Waals surface area contributed by atoms with E-state index >= 15 is 0 Å². The van der Waals surface area contributed by atoms with E-state index in [1.807, 2.05) is 12.1 Å². The molecule has 0 spiro atoms. The first-order chi connectivity index (χ1) is 10.1. The number of nitrogens with two attached hydrogens (primary N) is 1. The summed E-state index contributed by atoms with van der Waals surface area (Å²) >= 11 is 11.1. The number of hydrogen-bond acceptors (Lipinski definition) is 2. The number of halogens is 1. The quantitative estimate of drug-likeness (QED) is 0.864. The Morgan fingerprint density at radius 1 is 1.14 bits per heavy atom. The van der Waals surface area contributed by atoms with E-state index in [1.54, 1.807) is 6.07 Å². The van der Waals surface area contributed by atoms with Gasteiger partial charge < -0.3 is 10.5 Å². The maximum absolute atomic E-state index is 6.19. The molecule has 0 amide bonds. The fourth-order valence-corrected chi connectivity index (χ4v) is 3.01. The van der Waals surface area contributed by atoms with Gasteiger partial charge in [-0.1, -0.05) is 42.0 Å². The second-order valence-corrected chi connectivity index (χ2v) is 6.10. The monoisotopic (exact) mass is 317 g/mol. The number of fused-ring (bicyclic) bond motifs is 1. The van der Waals surface area contributed by atoms with Gasteiger partial charge in [0.15, 0.2) is 0 Å². The van der Waals surface area contributed by atoms with Crippen LogP contribution in [0.4, 0.5) is 0 Å². The zero-order valence-electron chi connectivity index (χ0n) is 11.6. The summed E-state index contributed by atoms with van der Waals surface area (Å²) < 4.78 is 5.80. The highest BCUT2D eigenvalue weighted by Crippen LogP contribution is 2.27. The van der Waals surface area contributed by atoms with Crippen molar-refractivity contribution in [2.45, 2.75) is 25.9 Å². The second kappa shape index (κ2) is 6.04. The number of thiocarbonyl (C=S) groups is 1. The third-order valence-corrected chi connectivity index (χ3v) is 4.30. The Balaban J connectivity index is 1.71. The average Bonchev–Trinajstić information content (AvgIpc) is 2.93. The van der Waals surface area contributed by atoms with Gasteiger partial charge >= 0.3 is 0 Å². The van der Waals surface area contributed by atoms with Crippen LogP contribution in [0.3, 0.4) is 0 Å². The van der Waals surface area contributed by atoms with Crippen molar-refractivity contribution >= 4 is 28.8 Å². The van der Waals surface area contributed by atoms with Crippen LogP contribution in [0.5, 0.6) is 5.75 Å². The fraction of sp³-hybridized carbons (Fsp3) is 0.235. The summed E-state index contributed by atoms with van der Waals surface area (Å²) in [6.07, 6.45) is 3.63. The first-order valence-electron chi connectivity index (χ1n) is 6.96. The molecule has 4 heteroatoms. The Labute approximate surface area is 134 Å². The summed E-state index contributed by atoms with van der Waals surface area (Å²) in [4.78, 5) is 0.335. The Morgan fingerprint density at radius 2 is 1.95 bits per heavy atom. The molecular weight excluding hydrogens is 302 g/mol. The highest BCUT2D eigenvalue weighted by Gasteiger charge is 2.11. The van der Waals surface area contributed by atoms with Crippen LogP contribution >= 0.6 is 23.8 Å². The van der Waals surface area contributed by atoms with Crippen LogP contribution in [0.25, 0.3) is 0 Å². The molecule has 1 aliphatic carbocycles. The summed E-state index contributed by atoms with van der Waals surface area (Å²) in [6, 6.07) is 11.9. The molecule has 0 saturated heterocycles. The van der Waals surface area contributed by atoms with Gasteiger partial charge in [-0.25, -0.2) is 0 Å². The first-order valence-corrected chi connectivity index (χ1v) is 7.75. The van der Waals surface area contributed by atoms with Crippen molar-refractivity contribution in [3.8, 4) is 5.75 Å².